The van der Waals surface area contributed by atoms with Gasteiger partial charge in [-0.3, -0.25) is 4.79 Å². The van der Waals surface area contributed by atoms with Gasteiger partial charge in [-0.2, -0.15) is 8.78 Å². The Morgan fingerprint density at radius 3 is 2.23 bits per heavy atom. The van der Waals surface area contributed by atoms with E-state index in [0.29, 0.717) is 12.1 Å². The van der Waals surface area contributed by atoms with Crippen molar-refractivity contribution in [3.05, 3.63) is 29.3 Å². The van der Waals surface area contributed by atoms with E-state index in [1.54, 1.807) is 13.8 Å². The topological polar surface area (TPSA) is 58.6 Å². The molecule has 0 fully saturated rings. The van der Waals surface area contributed by atoms with Crippen LogP contribution in [0, 0.1) is 17.6 Å². The Bertz CT molecular complexity index is 524. The van der Waals surface area contributed by atoms with Gasteiger partial charge >= 0.3 is 6.61 Å². The van der Waals surface area contributed by atoms with Crippen LogP contribution in [-0.4, -0.2) is 29.8 Å². The van der Waals surface area contributed by atoms with Gasteiger partial charge < -0.3 is 15.2 Å². The minimum absolute atomic E-state index is 0.204. The summed E-state index contributed by atoms with van der Waals surface area (Å²) >= 11 is 0. The van der Waals surface area contributed by atoms with Gasteiger partial charge in [-0.05, 0) is 12.8 Å². The molecule has 2 N–H and O–H groups in total. The summed E-state index contributed by atoms with van der Waals surface area (Å²) in [5.74, 6) is -4.70. The predicted octanol–water partition coefficient (Wildman–Crippen LogP) is 2.70. The van der Waals surface area contributed by atoms with Crippen LogP contribution in [0.3, 0.4) is 0 Å². The molecule has 0 heterocycles. The number of ether oxygens (including phenoxy) is 1. The second-order valence-corrected chi connectivity index (χ2v) is 5.33. The van der Waals surface area contributed by atoms with Gasteiger partial charge in [0.2, 0.25) is 0 Å². The maximum atomic E-state index is 13.7. The molecule has 1 amide bonds. The van der Waals surface area contributed by atoms with E-state index in [-0.39, 0.29) is 12.5 Å². The Morgan fingerprint density at radius 2 is 1.82 bits per heavy atom. The number of carbonyl (C=O) groups is 1. The first-order chi connectivity index (χ1) is 10.0. The summed E-state index contributed by atoms with van der Waals surface area (Å²) in [4.78, 5) is 11.8. The highest BCUT2D eigenvalue weighted by Crippen LogP contribution is 2.22. The Labute approximate surface area is 125 Å². The summed E-state index contributed by atoms with van der Waals surface area (Å²) in [6.07, 6.45) is 0. The second kappa shape index (κ2) is 6.95. The Hall–Kier alpha value is -1.83. The van der Waals surface area contributed by atoms with Gasteiger partial charge in [0.15, 0.2) is 0 Å². The van der Waals surface area contributed by atoms with Crippen LogP contribution < -0.4 is 10.1 Å². The molecule has 1 aromatic carbocycles. The average Bonchev–Trinajstić information content (AvgIpc) is 2.34. The molecule has 124 valence electrons. The van der Waals surface area contributed by atoms with E-state index in [9.17, 15) is 27.5 Å². The maximum absolute atomic E-state index is 13.7. The van der Waals surface area contributed by atoms with Crippen molar-refractivity contribution >= 4 is 5.91 Å². The van der Waals surface area contributed by atoms with Crippen molar-refractivity contribution in [1.29, 1.82) is 0 Å². The molecule has 0 spiro atoms. The Kier molecular flexibility index (Phi) is 5.76. The molecule has 0 aliphatic rings. The van der Waals surface area contributed by atoms with Gasteiger partial charge in [0.1, 0.15) is 22.9 Å². The zero-order chi connectivity index (χ0) is 17.1. The lowest BCUT2D eigenvalue weighted by Gasteiger charge is -2.27. The zero-order valence-corrected chi connectivity index (χ0v) is 12.3. The van der Waals surface area contributed by atoms with Crippen LogP contribution in [0.2, 0.25) is 0 Å². The summed E-state index contributed by atoms with van der Waals surface area (Å²) in [5, 5.41) is 12.2. The lowest BCUT2D eigenvalue weighted by molar-refractivity contribution is -0.0501. The molecule has 22 heavy (non-hydrogen) atoms. The fourth-order valence-electron chi connectivity index (χ4n) is 1.49. The normalized spacial score (nSPS) is 14.1. The summed E-state index contributed by atoms with van der Waals surface area (Å²) in [6.45, 7) is 1.43. The number of hydrogen-bond donors (Lipinski definition) is 2. The van der Waals surface area contributed by atoms with Crippen molar-refractivity contribution in [3.8, 4) is 5.75 Å². The molecule has 0 aromatic heterocycles. The molecule has 1 atom stereocenters. The van der Waals surface area contributed by atoms with Crippen molar-refractivity contribution < 1.29 is 32.2 Å². The summed E-state index contributed by atoms with van der Waals surface area (Å²) in [7, 11) is 0. The smallest absolute Gasteiger partial charge is 0.387 e. The molecular formula is C14H17F4NO3. The van der Waals surface area contributed by atoms with Crippen LogP contribution in [-0.2, 0) is 0 Å². The van der Waals surface area contributed by atoms with Crippen LogP contribution in [0.5, 0.6) is 5.75 Å². The molecule has 1 rings (SSSR count). The molecule has 0 bridgehead atoms. The highest BCUT2D eigenvalue weighted by Gasteiger charge is 2.27. The van der Waals surface area contributed by atoms with Crippen LogP contribution in [0.15, 0.2) is 12.1 Å². The Balaban J connectivity index is 2.90. The van der Waals surface area contributed by atoms with Gasteiger partial charge in [-0.25, -0.2) is 8.78 Å². The van der Waals surface area contributed by atoms with Crippen molar-refractivity contribution in [1.82, 2.24) is 5.32 Å². The minimum atomic E-state index is -3.24. The monoisotopic (exact) mass is 323 g/mol. The van der Waals surface area contributed by atoms with Crippen LogP contribution in [0.4, 0.5) is 17.6 Å². The first-order valence-corrected chi connectivity index (χ1v) is 6.49. The lowest BCUT2D eigenvalue weighted by Crippen LogP contribution is -2.44. The van der Waals surface area contributed by atoms with Gasteiger partial charge in [-0.1, -0.05) is 13.8 Å². The molecule has 4 nitrogen and oxygen atoms in total. The summed E-state index contributed by atoms with van der Waals surface area (Å²) < 4.78 is 55.3. The number of nitrogens with one attached hydrogen (secondary N) is 1. The van der Waals surface area contributed by atoms with E-state index in [1.165, 1.54) is 6.92 Å². The van der Waals surface area contributed by atoms with E-state index in [1.807, 2.05) is 0 Å². The largest absolute Gasteiger partial charge is 0.435 e. The van der Waals surface area contributed by atoms with Gasteiger partial charge in [0.05, 0.1) is 5.60 Å². The van der Waals surface area contributed by atoms with Gasteiger partial charge in [-0.15, -0.1) is 0 Å². The first-order valence-electron chi connectivity index (χ1n) is 6.49. The average molecular weight is 323 g/mol. The van der Waals surface area contributed by atoms with Crippen molar-refractivity contribution in [2.45, 2.75) is 33.0 Å². The van der Waals surface area contributed by atoms with E-state index in [4.69, 9.17) is 0 Å². The quantitative estimate of drug-likeness (QED) is 0.792. The number of amides is 1. The standard InChI is InChI=1S/C14H17F4NO3/c1-7(2)14(3,21)6-19-12(20)11-9(15)4-8(5-10(11)16)22-13(17)18/h4-5,7,13,21H,6H2,1-3H3,(H,19,20). The van der Waals surface area contributed by atoms with E-state index in [0.717, 1.165) is 0 Å². The molecule has 1 unspecified atom stereocenters. The molecule has 0 saturated carbocycles. The number of alkyl halides is 2. The number of halogens is 4. The number of aliphatic hydroxyl groups is 1. The van der Waals surface area contributed by atoms with E-state index in [2.05, 4.69) is 10.1 Å². The van der Waals surface area contributed by atoms with Crippen molar-refractivity contribution in [2.75, 3.05) is 6.54 Å². The predicted molar refractivity (Wildman–Crippen MR) is 70.8 cm³/mol. The molecule has 8 heteroatoms. The number of rotatable bonds is 6. The first kappa shape index (κ1) is 18.2. The third-order valence-electron chi connectivity index (χ3n) is 3.32. The Morgan fingerprint density at radius 1 is 1.32 bits per heavy atom. The zero-order valence-electron chi connectivity index (χ0n) is 12.3. The molecule has 0 saturated heterocycles. The number of hydrogen-bond acceptors (Lipinski definition) is 3. The maximum Gasteiger partial charge on any atom is 0.387 e. The number of carbonyl (C=O) groups excluding carboxylic acids is 1. The molecular weight excluding hydrogens is 306 g/mol. The fourth-order valence-corrected chi connectivity index (χ4v) is 1.49. The van der Waals surface area contributed by atoms with Crippen LogP contribution in [0.25, 0.3) is 0 Å². The number of benzene rings is 1. The molecule has 0 radical (unpaired) electrons. The minimum Gasteiger partial charge on any atom is -0.435 e. The van der Waals surface area contributed by atoms with Gasteiger partial charge in [0, 0.05) is 18.7 Å². The molecule has 1 aromatic rings. The lowest BCUT2D eigenvalue weighted by atomic mass is 9.92. The molecule has 0 aliphatic heterocycles. The highest BCUT2D eigenvalue weighted by molar-refractivity contribution is 5.95. The van der Waals surface area contributed by atoms with Crippen molar-refractivity contribution in [3.63, 3.8) is 0 Å². The van der Waals surface area contributed by atoms with Gasteiger partial charge in [0.25, 0.3) is 5.91 Å². The third kappa shape index (κ3) is 4.59. The highest BCUT2D eigenvalue weighted by atomic mass is 19.3. The molecule has 0 aliphatic carbocycles. The second-order valence-electron chi connectivity index (χ2n) is 5.33. The van der Waals surface area contributed by atoms with Crippen molar-refractivity contribution in [2.24, 2.45) is 5.92 Å². The van der Waals surface area contributed by atoms with Crippen LogP contribution in [0.1, 0.15) is 31.1 Å². The summed E-state index contributed by atoms with van der Waals surface area (Å²) in [6, 6.07) is 0.982. The summed E-state index contributed by atoms with van der Waals surface area (Å²) in [5.41, 5.74) is -2.19. The fraction of sp³-hybridized carbons (Fsp3) is 0.500. The SMILES string of the molecule is CC(C)C(C)(O)CNC(=O)c1c(F)cc(OC(F)F)cc1F. The van der Waals surface area contributed by atoms with Crippen LogP contribution >= 0.6 is 0 Å². The third-order valence-corrected chi connectivity index (χ3v) is 3.32. The van der Waals surface area contributed by atoms with E-state index >= 15 is 0 Å². The van der Waals surface area contributed by atoms with E-state index < -0.39 is 41.1 Å².